The third kappa shape index (κ3) is 2.72. The molecule has 0 saturated heterocycles. The minimum Gasteiger partial charge on any atom is -0.366 e. The molecule has 0 aliphatic carbocycles. The van der Waals surface area contributed by atoms with Crippen LogP contribution in [0.15, 0.2) is 18.5 Å². The molecule has 2 heterocycles. The summed E-state index contributed by atoms with van der Waals surface area (Å²) in [6.45, 7) is 4.28. The van der Waals surface area contributed by atoms with Crippen LogP contribution in [-0.4, -0.2) is 32.6 Å². The first kappa shape index (κ1) is 12.2. The number of aryl methyl sites for hydroxylation is 1. The van der Waals surface area contributed by atoms with Crippen LogP contribution >= 0.6 is 11.8 Å². The Morgan fingerprint density at radius 2 is 2.29 bits per heavy atom. The lowest BCUT2D eigenvalue weighted by Crippen LogP contribution is -2.22. The van der Waals surface area contributed by atoms with Crippen LogP contribution < -0.4 is 5.32 Å². The first-order valence-corrected chi connectivity index (χ1v) is 7.19. The maximum atomic E-state index is 4.24. The number of nitrogens with one attached hydrogen (secondary N) is 1. The standard InChI is InChI=1S/C12H18N4S/c1-4-10(7-17-3)15-12-6-9(2)5-11-13-8-14-16(11)12/h5-6,8,10,15H,4,7H2,1-3H3. The number of fused-ring (bicyclic) bond motifs is 1. The average molecular weight is 250 g/mol. The van der Waals surface area contributed by atoms with Crippen molar-refractivity contribution in [2.75, 3.05) is 17.3 Å². The number of nitrogens with zero attached hydrogens (tertiary/aromatic N) is 3. The van der Waals surface area contributed by atoms with Gasteiger partial charge in [0.2, 0.25) is 0 Å². The highest BCUT2D eigenvalue weighted by molar-refractivity contribution is 7.98. The van der Waals surface area contributed by atoms with Gasteiger partial charge in [-0.3, -0.25) is 0 Å². The van der Waals surface area contributed by atoms with Gasteiger partial charge < -0.3 is 5.32 Å². The molecule has 0 bridgehead atoms. The minimum atomic E-state index is 0.471. The lowest BCUT2D eigenvalue weighted by atomic mass is 10.2. The van der Waals surface area contributed by atoms with Gasteiger partial charge in [0.05, 0.1) is 0 Å². The van der Waals surface area contributed by atoms with Gasteiger partial charge in [-0.05, 0) is 37.3 Å². The van der Waals surface area contributed by atoms with Gasteiger partial charge in [0, 0.05) is 11.8 Å². The molecule has 0 amide bonds. The summed E-state index contributed by atoms with van der Waals surface area (Å²) in [6, 6.07) is 4.62. The Morgan fingerprint density at radius 3 is 3.00 bits per heavy atom. The van der Waals surface area contributed by atoms with Gasteiger partial charge in [-0.25, -0.2) is 4.98 Å². The molecule has 0 fully saturated rings. The van der Waals surface area contributed by atoms with Gasteiger partial charge >= 0.3 is 0 Å². The quantitative estimate of drug-likeness (QED) is 0.885. The summed E-state index contributed by atoms with van der Waals surface area (Å²) in [5.41, 5.74) is 2.10. The Hall–Kier alpha value is -1.23. The number of thioether (sulfide) groups is 1. The van der Waals surface area contributed by atoms with Crippen LogP contribution in [0, 0.1) is 6.92 Å². The third-order valence-corrected chi connectivity index (χ3v) is 3.47. The second-order valence-electron chi connectivity index (χ2n) is 4.15. The van der Waals surface area contributed by atoms with Crippen molar-refractivity contribution >= 4 is 23.2 Å². The van der Waals surface area contributed by atoms with E-state index in [1.165, 1.54) is 5.56 Å². The number of pyridine rings is 1. The van der Waals surface area contributed by atoms with Crippen molar-refractivity contribution in [1.82, 2.24) is 14.6 Å². The molecule has 1 unspecified atom stereocenters. The second kappa shape index (κ2) is 5.40. The fraction of sp³-hybridized carbons (Fsp3) is 0.500. The molecule has 2 aromatic rings. The molecule has 92 valence electrons. The van der Waals surface area contributed by atoms with E-state index in [-0.39, 0.29) is 0 Å². The predicted octanol–water partition coefficient (Wildman–Crippen LogP) is 2.59. The summed E-state index contributed by atoms with van der Waals surface area (Å²) in [6.07, 6.45) is 4.83. The molecular weight excluding hydrogens is 232 g/mol. The Bertz CT molecular complexity index is 494. The molecule has 0 aliphatic heterocycles. The number of hydrogen-bond acceptors (Lipinski definition) is 4. The first-order valence-electron chi connectivity index (χ1n) is 5.80. The first-order chi connectivity index (χ1) is 8.24. The number of anilines is 1. The molecule has 0 aromatic carbocycles. The monoisotopic (exact) mass is 250 g/mol. The second-order valence-corrected chi connectivity index (χ2v) is 5.06. The summed E-state index contributed by atoms with van der Waals surface area (Å²) < 4.78 is 1.86. The highest BCUT2D eigenvalue weighted by Crippen LogP contribution is 2.16. The summed E-state index contributed by atoms with van der Waals surface area (Å²) in [5, 5.41) is 7.78. The van der Waals surface area contributed by atoms with Crippen LogP contribution in [0.25, 0.3) is 5.65 Å². The van der Waals surface area contributed by atoms with E-state index in [1.54, 1.807) is 6.33 Å². The minimum absolute atomic E-state index is 0.471. The van der Waals surface area contributed by atoms with Crippen LogP contribution in [0.3, 0.4) is 0 Å². The van der Waals surface area contributed by atoms with Crippen molar-refractivity contribution in [2.24, 2.45) is 0 Å². The van der Waals surface area contributed by atoms with Crippen molar-refractivity contribution < 1.29 is 0 Å². The van der Waals surface area contributed by atoms with Gasteiger partial charge in [-0.2, -0.15) is 21.4 Å². The SMILES string of the molecule is CCC(CSC)Nc1cc(C)cc2ncnn12. The largest absolute Gasteiger partial charge is 0.366 e. The normalized spacial score (nSPS) is 12.9. The molecule has 0 spiro atoms. The van der Waals surface area contributed by atoms with E-state index in [9.17, 15) is 0 Å². The lowest BCUT2D eigenvalue weighted by Gasteiger charge is -2.18. The van der Waals surface area contributed by atoms with E-state index < -0.39 is 0 Å². The Morgan fingerprint density at radius 1 is 1.47 bits per heavy atom. The molecule has 0 radical (unpaired) electrons. The fourth-order valence-electron chi connectivity index (χ4n) is 1.83. The van der Waals surface area contributed by atoms with Crippen molar-refractivity contribution in [3.63, 3.8) is 0 Å². The molecule has 5 heteroatoms. The van der Waals surface area contributed by atoms with E-state index in [1.807, 2.05) is 22.3 Å². The van der Waals surface area contributed by atoms with E-state index in [2.05, 4.69) is 41.6 Å². The van der Waals surface area contributed by atoms with Crippen molar-refractivity contribution in [3.8, 4) is 0 Å². The highest BCUT2D eigenvalue weighted by atomic mass is 32.2. The molecule has 1 atom stereocenters. The molecule has 2 rings (SSSR count). The third-order valence-electron chi connectivity index (χ3n) is 2.74. The van der Waals surface area contributed by atoms with E-state index in [4.69, 9.17) is 0 Å². The topological polar surface area (TPSA) is 42.2 Å². The number of aromatic nitrogens is 3. The lowest BCUT2D eigenvalue weighted by molar-refractivity contribution is 0.760. The van der Waals surface area contributed by atoms with Crippen LogP contribution in [-0.2, 0) is 0 Å². The molecule has 2 aromatic heterocycles. The zero-order valence-electron chi connectivity index (χ0n) is 10.5. The number of rotatable bonds is 5. The van der Waals surface area contributed by atoms with Crippen LogP contribution in [0.4, 0.5) is 5.82 Å². The predicted molar refractivity (Wildman–Crippen MR) is 73.8 cm³/mol. The highest BCUT2D eigenvalue weighted by Gasteiger charge is 2.09. The molecule has 0 aliphatic rings. The van der Waals surface area contributed by atoms with E-state index >= 15 is 0 Å². The van der Waals surface area contributed by atoms with Crippen molar-refractivity contribution in [1.29, 1.82) is 0 Å². The van der Waals surface area contributed by atoms with Gasteiger partial charge in [-0.15, -0.1) is 0 Å². The summed E-state index contributed by atoms with van der Waals surface area (Å²) >= 11 is 1.86. The Kier molecular flexibility index (Phi) is 3.89. The maximum Gasteiger partial charge on any atom is 0.157 e. The molecule has 4 nitrogen and oxygen atoms in total. The van der Waals surface area contributed by atoms with Gasteiger partial charge in [0.25, 0.3) is 0 Å². The molecule has 1 N–H and O–H groups in total. The summed E-state index contributed by atoms with van der Waals surface area (Å²) in [7, 11) is 0. The smallest absolute Gasteiger partial charge is 0.157 e. The van der Waals surface area contributed by atoms with E-state index in [0.29, 0.717) is 6.04 Å². The zero-order chi connectivity index (χ0) is 12.3. The number of hydrogen-bond donors (Lipinski definition) is 1. The van der Waals surface area contributed by atoms with Crippen molar-refractivity contribution in [3.05, 3.63) is 24.0 Å². The zero-order valence-corrected chi connectivity index (χ0v) is 11.3. The van der Waals surface area contributed by atoms with Gasteiger partial charge in [0.15, 0.2) is 5.65 Å². The molecule has 0 saturated carbocycles. The van der Waals surface area contributed by atoms with Crippen LogP contribution in [0.1, 0.15) is 18.9 Å². The van der Waals surface area contributed by atoms with Crippen LogP contribution in [0.5, 0.6) is 0 Å². The fourth-order valence-corrected chi connectivity index (χ4v) is 2.55. The Labute approximate surface area is 106 Å². The van der Waals surface area contributed by atoms with Crippen molar-refractivity contribution in [2.45, 2.75) is 26.3 Å². The van der Waals surface area contributed by atoms with Gasteiger partial charge in [-0.1, -0.05) is 6.92 Å². The van der Waals surface area contributed by atoms with Gasteiger partial charge in [0.1, 0.15) is 12.1 Å². The van der Waals surface area contributed by atoms with E-state index in [0.717, 1.165) is 23.6 Å². The molecule has 17 heavy (non-hydrogen) atoms. The van der Waals surface area contributed by atoms with Crippen LogP contribution in [0.2, 0.25) is 0 Å². The summed E-state index contributed by atoms with van der Waals surface area (Å²) in [5.74, 6) is 2.12. The Balaban J connectivity index is 2.30. The molecular formula is C12H18N4S. The average Bonchev–Trinajstić information content (AvgIpc) is 2.76. The maximum absolute atomic E-state index is 4.24. The summed E-state index contributed by atoms with van der Waals surface area (Å²) in [4.78, 5) is 4.23.